The number of hydrogen-bond acceptors (Lipinski definition) is 3. The van der Waals surface area contributed by atoms with Gasteiger partial charge in [0.2, 0.25) is 0 Å². The Kier molecular flexibility index (Phi) is 6.82. The molecule has 0 heterocycles. The lowest BCUT2D eigenvalue weighted by Gasteiger charge is -2.18. The van der Waals surface area contributed by atoms with Crippen molar-refractivity contribution in [2.24, 2.45) is 0 Å². The summed E-state index contributed by atoms with van der Waals surface area (Å²) in [5, 5.41) is 3.51. The molecule has 1 N–H and O–H groups in total. The highest BCUT2D eigenvalue weighted by atomic mass is 32.1. The standard InChI is InChI=1S/C21H27NO2S/c1-6-16-9-8-10-19(22-21(25)23-5)18(16)13-24-20-12-15(4)14(3)11-17(20)7-2/h8-12H,6-7,13H2,1-5H3,(H,22,25). The van der Waals surface area contributed by atoms with Gasteiger partial charge in [0.1, 0.15) is 12.4 Å². The molecule has 0 amide bonds. The largest absolute Gasteiger partial charge is 0.489 e. The van der Waals surface area contributed by atoms with Crippen molar-refractivity contribution in [3.05, 3.63) is 58.1 Å². The van der Waals surface area contributed by atoms with Crippen molar-refractivity contribution >= 4 is 23.1 Å². The average molecular weight is 358 g/mol. The molecule has 0 aliphatic rings. The molecule has 0 saturated carbocycles. The van der Waals surface area contributed by atoms with Crippen LogP contribution < -0.4 is 10.1 Å². The predicted octanol–water partition coefficient (Wildman–Crippen LogP) is 5.35. The van der Waals surface area contributed by atoms with Crippen LogP contribution in [0.3, 0.4) is 0 Å². The third-order valence-electron chi connectivity index (χ3n) is 4.51. The summed E-state index contributed by atoms with van der Waals surface area (Å²) in [6, 6.07) is 10.5. The molecule has 2 aromatic carbocycles. The summed E-state index contributed by atoms with van der Waals surface area (Å²) in [5.74, 6) is 0.955. The minimum absolute atomic E-state index is 0.356. The molecule has 0 spiro atoms. The Bertz CT molecular complexity index is 756. The summed E-state index contributed by atoms with van der Waals surface area (Å²) < 4.78 is 11.3. The summed E-state index contributed by atoms with van der Waals surface area (Å²) in [4.78, 5) is 0. The molecule has 0 radical (unpaired) electrons. The number of methoxy groups -OCH3 is 1. The molecule has 0 saturated heterocycles. The van der Waals surface area contributed by atoms with Crippen LogP contribution in [0.25, 0.3) is 0 Å². The van der Waals surface area contributed by atoms with E-state index in [1.54, 1.807) is 7.11 Å². The maximum Gasteiger partial charge on any atom is 0.260 e. The summed E-state index contributed by atoms with van der Waals surface area (Å²) in [7, 11) is 1.57. The third kappa shape index (κ3) is 4.73. The Labute approximate surface area is 156 Å². The molecule has 3 nitrogen and oxygen atoms in total. The van der Waals surface area contributed by atoms with E-state index in [4.69, 9.17) is 21.7 Å². The van der Waals surface area contributed by atoms with Crippen LogP contribution in [0.15, 0.2) is 30.3 Å². The van der Waals surface area contributed by atoms with Crippen molar-refractivity contribution in [1.82, 2.24) is 0 Å². The lowest BCUT2D eigenvalue weighted by atomic mass is 10.0. The van der Waals surface area contributed by atoms with Crippen LogP contribution in [0, 0.1) is 13.8 Å². The Hall–Kier alpha value is -2.07. The first-order chi connectivity index (χ1) is 12.0. The second-order valence-electron chi connectivity index (χ2n) is 6.10. The first kappa shape index (κ1) is 19.3. The van der Waals surface area contributed by atoms with Crippen LogP contribution in [0.4, 0.5) is 5.69 Å². The van der Waals surface area contributed by atoms with Crippen LogP contribution in [-0.2, 0) is 24.2 Å². The van der Waals surface area contributed by atoms with Crippen LogP contribution >= 0.6 is 12.2 Å². The number of benzene rings is 2. The Morgan fingerprint density at radius 3 is 2.36 bits per heavy atom. The van der Waals surface area contributed by atoms with Gasteiger partial charge in [-0.25, -0.2) is 0 Å². The number of nitrogens with one attached hydrogen (secondary N) is 1. The number of ether oxygens (including phenoxy) is 2. The second-order valence-corrected chi connectivity index (χ2v) is 6.47. The fourth-order valence-electron chi connectivity index (χ4n) is 2.82. The maximum absolute atomic E-state index is 6.22. The fraction of sp³-hybridized carbons (Fsp3) is 0.381. The molecule has 0 bridgehead atoms. The molecule has 134 valence electrons. The molecule has 2 rings (SSSR count). The van der Waals surface area contributed by atoms with E-state index < -0.39 is 0 Å². The lowest BCUT2D eigenvalue weighted by molar-refractivity contribution is 0.302. The van der Waals surface area contributed by atoms with Crippen molar-refractivity contribution in [2.45, 2.75) is 47.1 Å². The molecule has 4 heteroatoms. The van der Waals surface area contributed by atoms with Gasteiger partial charge in [0.25, 0.3) is 5.17 Å². The van der Waals surface area contributed by atoms with Crippen LogP contribution in [-0.4, -0.2) is 12.3 Å². The van der Waals surface area contributed by atoms with E-state index in [1.165, 1.54) is 22.3 Å². The minimum Gasteiger partial charge on any atom is -0.489 e. The molecule has 0 atom stereocenters. The number of anilines is 1. The first-order valence-corrected chi connectivity index (χ1v) is 9.09. The molecule has 2 aromatic rings. The zero-order chi connectivity index (χ0) is 18.4. The van der Waals surface area contributed by atoms with Gasteiger partial charge in [-0.3, -0.25) is 0 Å². The van der Waals surface area contributed by atoms with Crippen LogP contribution in [0.2, 0.25) is 0 Å². The Morgan fingerprint density at radius 1 is 1.04 bits per heavy atom. The first-order valence-electron chi connectivity index (χ1n) is 8.68. The molecule has 0 unspecified atom stereocenters. The zero-order valence-corrected chi connectivity index (χ0v) is 16.5. The number of rotatable bonds is 6. The van der Waals surface area contributed by atoms with Crippen LogP contribution in [0.5, 0.6) is 5.75 Å². The summed E-state index contributed by atoms with van der Waals surface area (Å²) in [6.45, 7) is 9.05. The lowest BCUT2D eigenvalue weighted by Crippen LogP contribution is -2.14. The highest BCUT2D eigenvalue weighted by Gasteiger charge is 2.12. The average Bonchev–Trinajstić information content (AvgIpc) is 2.62. The summed E-state index contributed by atoms with van der Waals surface area (Å²) in [6.07, 6.45) is 1.88. The van der Waals surface area contributed by atoms with E-state index in [0.29, 0.717) is 11.8 Å². The van der Waals surface area contributed by atoms with E-state index >= 15 is 0 Å². The SMILES string of the molecule is CCc1cc(C)c(C)cc1OCc1c(CC)cccc1NC(=S)OC. The van der Waals surface area contributed by atoms with E-state index in [2.05, 4.69) is 51.2 Å². The minimum atomic E-state index is 0.356. The van der Waals surface area contributed by atoms with E-state index in [9.17, 15) is 0 Å². The van der Waals surface area contributed by atoms with Gasteiger partial charge in [-0.1, -0.05) is 32.0 Å². The van der Waals surface area contributed by atoms with Crippen molar-refractivity contribution in [3.8, 4) is 5.75 Å². The van der Waals surface area contributed by atoms with Crippen molar-refractivity contribution in [2.75, 3.05) is 12.4 Å². The molecule has 0 aromatic heterocycles. The number of aryl methyl sites for hydroxylation is 4. The van der Waals surface area contributed by atoms with Crippen molar-refractivity contribution in [3.63, 3.8) is 0 Å². The predicted molar refractivity (Wildman–Crippen MR) is 109 cm³/mol. The van der Waals surface area contributed by atoms with Gasteiger partial charge in [0.05, 0.1) is 7.11 Å². The molecule has 0 aliphatic heterocycles. The van der Waals surface area contributed by atoms with Gasteiger partial charge in [-0.05, 0) is 73.3 Å². The number of thiocarbonyl (C=S) groups is 1. The van der Waals surface area contributed by atoms with E-state index in [-0.39, 0.29) is 0 Å². The van der Waals surface area contributed by atoms with Gasteiger partial charge in [-0.2, -0.15) is 0 Å². The van der Waals surface area contributed by atoms with E-state index in [0.717, 1.165) is 29.8 Å². The summed E-state index contributed by atoms with van der Waals surface area (Å²) >= 11 is 5.15. The quantitative estimate of drug-likeness (QED) is 0.706. The second kappa shape index (κ2) is 8.86. The molecular formula is C21H27NO2S. The normalized spacial score (nSPS) is 10.4. The Morgan fingerprint density at radius 2 is 1.72 bits per heavy atom. The smallest absolute Gasteiger partial charge is 0.260 e. The highest BCUT2D eigenvalue weighted by Crippen LogP contribution is 2.27. The zero-order valence-electron chi connectivity index (χ0n) is 15.7. The van der Waals surface area contributed by atoms with Gasteiger partial charge < -0.3 is 14.8 Å². The topological polar surface area (TPSA) is 30.5 Å². The molecular weight excluding hydrogens is 330 g/mol. The third-order valence-corrected chi connectivity index (χ3v) is 4.77. The Balaban J connectivity index is 2.31. The van der Waals surface area contributed by atoms with Crippen LogP contribution in [0.1, 0.15) is 41.7 Å². The highest BCUT2D eigenvalue weighted by molar-refractivity contribution is 7.80. The molecule has 0 aliphatic carbocycles. The van der Waals surface area contributed by atoms with Gasteiger partial charge in [-0.15, -0.1) is 0 Å². The fourth-order valence-corrected chi connectivity index (χ4v) is 2.93. The summed E-state index contributed by atoms with van der Waals surface area (Å²) in [5.41, 5.74) is 7.07. The van der Waals surface area contributed by atoms with Crippen molar-refractivity contribution < 1.29 is 9.47 Å². The van der Waals surface area contributed by atoms with E-state index in [1.807, 2.05) is 12.1 Å². The molecule has 25 heavy (non-hydrogen) atoms. The van der Waals surface area contributed by atoms with Crippen molar-refractivity contribution in [1.29, 1.82) is 0 Å². The maximum atomic E-state index is 6.22. The van der Waals surface area contributed by atoms with Gasteiger partial charge >= 0.3 is 0 Å². The van der Waals surface area contributed by atoms with Gasteiger partial charge in [0.15, 0.2) is 0 Å². The van der Waals surface area contributed by atoms with Gasteiger partial charge in [0, 0.05) is 11.3 Å². The number of hydrogen-bond donors (Lipinski definition) is 1. The monoisotopic (exact) mass is 357 g/mol. The molecule has 0 fully saturated rings.